The highest BCUT2D eigenvalue weighted by atomic mass is 35.5. The number of hydrogen-bond donors (Lipinski definition) is 0. The van der Waals surface area contributed by atoms with Gasteiger partial charge in [-0.15, -0.1) is 0 Å². The third-order valence-corrected chi connectivity index (χ3v) is 3.93. The van der Waals surface area contributed by atoms with Gasteiger partial charge in [0, 0.05) is 29.6 Å². The maximum absolute atomic E-state index is 12.6. The van der Waals surface area contributed by atoms with Crippen LogP contribution in [-0.4, -0.2) is 17.9 Å². The van der Waals surface area contributed by atoms with E-state index < -0.39 is 0 Å². The molecule has 0 saturated heterocycles. The van der Waals surface area contributed by atoms with E-state index in [1.165, 1.54) is 0 Å². The standard InChI is InChI=1S/C18H16ClNO2/c1-12-15-8-3-4-9-16(15)22-17(12)18(21)20(2)11-13-6-5-7-14(19)10-13/h3-10H,11H2,1-2H3. The number of aryl methyl sites for hydroxylation is 1. The quantitative estimate of drug-likeness (QED) is 0.704. The molecule has 0 bridgehead atoms. The van der Waals surface area contributed by atoms with Gasteiger partial charge in [0.15, 0.2) is 5.76 Å². The third kappa shape index (κ3) is 2.72. The summed E-state index contributed by atoms with van der Waals surface area (Å²) in [5.74, 6) is 0.263. The van der Waals surface area contributed by atoms with Crippen molar-refractivity contribution in [3.05, 3.63) is 70.4 Å². The molecule has 22 heavy (non-hydrogen) atoms. The number of para-hydroxylation sites is 1. The molecule has 0 spiro atoms. The van der Waals surface area contributed by atoms with E-state index in [4.69, 9.17) is 16.0 Å². The summed E-state index contributed by atoms with van der Waals surface area (Å²) in [6.07, 6.45) is 0. The fourth-order valence-electron chi connectivity index (χ4n) is 2.53. The van der Waals surface area contributed by atoms with Crippen LogP contribution in [0.3, 0.4) is 0 Å². The Labute approximate surface area is 134 Å². The molecule has 4 heteroatoms. The van der Waals surface area contributed by atoms with Crippen LogP contribution in [0.5, 0.6) is 0 Å². The summed E-state index contributed by atoms with van der Waals surface area (Å²) in [6, 6.07) is 15.2. The first-order chi connectivity index (χ1) is 10.6. The normalized spacial score (nSPS) is 10.9. The molecular formula is C18H16ClNO2. The molecule has 0 atom stereocenters. The number of amides is 1. The predicted octanol–water partition coefficient (Wildman–Crippen LogP) is 4.67. The molecule has 0 aliphatic rings. The molecule has 1 heterocycles. The maximum Gasteiger partial charge on any atom is 0.289 e. The van der Waals surface area contributed by atoms with Crippen LogP contribution in [0.15, 0.2) is 52.9 Å². The Morgan fingerprint density at radius 2 is 1.95 bits per heavy atom. The number of halogens is 1. The van der Waals surface area contributed by atoms with E-state index in [0.29, 0.717) is 17.3 Å². The zero-order chi connectivity index (χ0) is 15.7. The number of carbonyl (C=O) groups is 1. The molecule has 2 aromatic carbocycles. The first-order valence-electron chi connectivity index (χ1n) is 7.04. The number of nitrogens with zero attached hydrogens (tertiary/aromatic N) is 1. The van der Waals surface area contributed by atoms with E-state index in [1.807, 2.05) is 55.5 Å². The Kier molecular flexibility index (Phi) is 3.90. The van der Waals surface area contributed by atoms with E-state index in [-0.39, 0.29) is 5.91 Å². The zero-order valence-corrected chi connectivity index (χ0v) is 13.2. The molecule has 0 radical (unpaired) electrons. The molecule has 0 N–H and O–H groups in total. The molecule has 1 aromatic heterocycles. The average Bonchev–Trinajstić information content (AvgIpc) is 2.84. The van der Waals surface area contributed by atoms with Gasteiger partial charge < -0.3 is 9.32 Å². The Bertz CT molecular complexity index is 838. The molecular weight excluding hydrogens is 298 g/mol. The molecule has 0 unspecified atom stereocenters. The molecule has 0 fully saturated rings. The lowest BCUT2D eigenvalue weighted by Crippen LogP contribution is -2.26. The monoisotopic (exact) mass is 313 g/mol. The van der Waals surface area contributed by atoms with Gasteiger partial charge in [-0.05, 0) is 30.7 Å². The van der Waals surface area contributed by atoms with Crippen LogP contribution in [0.4, 0.5) is 0 Å². The van der Waals surface area contributed by atoms with Gasteiger partial charge in [-0.2, -0.15) is 0 Å². The van der Waals surface area contributed by atoms with Gasteiger partial charge in [0.05, 0.1) is 0 Å². The second kappa shape index (κ2) is 5.85. The third-order valence-electron chi connectivity index (χ3n) is 3.69. The number of fused-ring (bicyclic) bond motifs is 1. The van der Waals surface area contributed by atoms with Crippen molar-refractivity contribution in [2.24, 2.45) is 0 Å². The summed E-state index contributed by atoms with van der Waals surface area (Å²) in [5.41, 5.74) is 2.59. The number of carbonyl (C=O) groups excluding carboxylic acids is 1. The number of hydrogen-bond acceptors (Lipinski definition) is 2. The summed E-state index contributed by atoms with van der Waals surface area (Å²) in [7, 11) is 1.76. The van der Waals surface area contributed by atoms with Crippen LogP contribution < -0.4 is 0 Å². The largest absolute Gasteiger partial charge is 0.451 e. The molecule has 3 aromatic rings. The van der Waals surface area contributed by atoms with Crippen LogP contribution in [0, 0.1) is 6.92 Å². The van der Waals surface area contributed by atoms with Crippen LogP contribution in [0.2, 0.25) is 5.02 Å². The fraction of sp³-hybridized carbons (Fsp3) is 0.167. The summed E-state index contributed by atoms with van der Waals surface area (Å²) < 4.78 is 5.73. The highest BCUT2D eigenvalue weighted by Gasteiger charge is 2.20. The summed E-state index contributed by atoms with van der Waals surface area (Å²) in [5, 5.41) is 1.64. The van der Waals surface area contributed by atoms with Gasteiger partial charge in [-0.3, -0.25) is 4.79 Å². The molecule has 0 aliphatic carbocycles. The van der Waals surface area contributed by atoms with Crippen molar-refractivity contribution >= 4 is 28.5 Å². The number of rotatable bonds is 3. The topological polar surface area (TPSA) is 33.5 Å². The highest BCUT2D eigenvalue weighted by molar-refractivity contribution is 6.30. The molecule has 1 amide bonds. The lowest BCUT2D eigenvalue weighted by atomic mass is 10.1. The van der Waals surface area contributed by atoms with E-state index in [1.54, 1.807) is 11.9 Å². The molecule has 3 nitrogen and oxygen atoms in total. The summed E-state index contributed by atoms with van der Waals surface area (Å²) in [6.45, 7) is 2.39. The van der Waals surface area contributed by atoms with Crippen LogP contribution >= 0.6 is 11.6 Å². The average molecular weight is 314 g/mol. The molecule has 0 saturated carbocycles. The molecule has 0 aliphatic heterocycles. The minimum atomic E-state index is -0.131. The minimum Gasteiger partial charge on any atom is -0.451 e. The molecule has 3 rings (SSSR count). The van der Waals surface area contributed by atoms with Gasteiger partial charge in [0.2, 0.25) is 0 Å². The second-order valence-electron chi connectivity index (χ2n) is 5.34. The summed E-state index contributed by atoms with van der Waals surface area (Å²) >= 11 is 5.98. The smallest absolute Gasteiger partial charge is 0.289 e. The second-order valence-corrected chi connectivity index (χ2v) is 5.78. The maximum atomic E-state index is 12.6. The van der Waals surface area contributed by atoms with Crippen molar-refractivity contribution in [3.63, 3.8) is 0 Å². The van der Waals surface area contributed by atoms with Crippen molar-refractivity contribution in [1.29, 1.82) is 0 Å². The fourth-order valence-corrected chi connectivity index (χ4v) is 2.75. The minimum absolute atomic E-state index is 0.131. The predicted molar refractivity (Wildman–Crippen MR) is 88.2 cm³/mol. The van der Waals surface area contributed by atoms with Gasteiger partial charge >= 0.3 is 0 Å². The van der Waals surface area contributed by atoms with E-state index in [9.17, 15) is 4.79 Å². The zero-order valence-electron chi connectivity index (χ0n) is 12.5. The SMILES string of the molecule is Cc1c(C(=O)N(C)Cc2cccc(Cl)c2)oc2ccccc12. The number of furan rings is 1. The van der Waals surface area contributed by atoms with Gasteiger partial charge in [-0.25, -0.2) is 0 Å². The van der Waals surface area contributed by atoms with Gasteiger partial charge in [0.25, 0.3) is 5.91 Å². The van der Waals surface area contributed by atoms with E-state index in [2.05, 4.69) is 0 Å². The van der Waals surface area contributed by atoms with E-state index >= 15 is 0 Å². The van der Waals surface area contributed by atoms with Crippen molar-refractivity contribution in [1.82, 2.24) is 4.90 Å². The molecule has 112 valence electrons. The summed E-state index contributed by atoms with van der Waals surface area (Å²) in [4.78, 5) is 14.3. The first-order valence-corrected chi connectivity index (χ1v) is 7.42. The number of benzene rings is 2. The van der Waals surface area contributed by atoms with Gasteiger partial charge in [-0.1, -0.05) is 41.9 Å². The first kappa shape index (κ1) is 14.7. The van der Waals surface area contributed by atoms with Gasteiger partial charge in [0.1, 0.15) is 5.58 Å². The van der Waals surface area contributed by atoms with Crippen LogP contribution in [0.1, 0.15) is 21.7 Å². The Morgan fingerprint density at radius 3 is 2.68 bits per heavy atom. The Balaban J connectivity index is 1.87. The van der Waals surface area contributed by atoms with E-state index in [0.717, 1.165) is 22.1 Å². The van der Waals surface area contributed by atoms with Crippen molar-refractivity contribution in [3.8, 4) is 0 Å². The van der Waals surface area contributed by atoms with Crippen molar-refractivity contribution < 1.29 is 9.21 Å². The Morgan fingerprint density at radius 1 is 1.18 bits per heavy atom. The Hall–Kier alpha value is -2.26. The van der Waals surface area contributed by atoms with Crippen LogP contribution in [0.25, 0.3) is 11.0 Å². The lowest BCUT2D eigenvalue weighted by molar-refractivity contribution is 0.0755. The lowest BCUT2D eigenvalue weighted by Gasteiger charge is -2.16. The van der Waals surface area contributed by atoms with Crippen molar-refractivity contribution in [2.45, 2.75) is 13.5 Å². The van der Waals surface area contributed by atoms with Crippen molar-refractivity contribution in [2.75, 3.05) is 7.05 Å². The van der Waals surface area contributed by atoms with Crippen LogP contribution in [-0.2, 0) is 6.54 Å². The highest BCUT2D eigenvalue weighted by Crippen LogP contribution is 2.26.